The maximum Gasteiger partial charge on any atom is 0.266 e. The normalized spacial score (nSPS) is 16.9. The van der Waals surface area contributed by atoms with E-state index in [4.69, 9.17) is 12.2 Å². The van der Waals surface area contributed by atoms with Gasteiger partial charge in [0.2, 0.25) is 0 Å². The first-order valence-electron chi connectivity index (χ1n) is 7.76. The zero-order valence-electron chi connectivity index (χ0n) is 13.5. The number of hydrogen-bond acceptors (Lipinski definition) is 6. The van der Waals surface area contributed by atoms with Gasteiger partial charge in [-0.15, -0.1) is 0 Å². The Bertz CT molecular complexity index is 895. The van der Waals surface area contributed by atoms with E-state index in [9.17, 15) is 19.8 Å². The minimum absolute atomic E-state index is 0.0911. The summed E-state index contributed by atoms with van der Waals surface area (Å²) in [6.07, 6.45) is 1.27. The van der Waals surface area contributed by atoms with E-state index in [2.05, 4.69) is 0 Å². The molecule has 1 unspecified atom stereocenters. The fraction of sp³-hybridized carbons (Fsp3) is 0.105. The number of carboxylic acid groups (broad SMARTS) is 1. The zero-order valence-corrected chi connectivity index (χ0v) is 15.1. The molecule has 132 valence electrons. The van der Waals surface area contributed by atoms with Crippen LogP contribution in [0.4, 0.5) is 0 Å². The Balaban J connectivity index is 1.95. The largest absolute Gasteiger partial charge is 0.550 e. The third kappa shape index (κ3) is 3.95. The highest BCUT2D eigenvalue weighted by atomic mass is 32.2. The lowest BCUT2D eigenvalue weighted by Crippen LogP contribution is -2.37. The van der Waals surface area contributed by atoms with Gasteiger partial charge in [0, 0.05) is 12.4 Å². The number of phenolic OH excluding ortho intramolecular Hbond substituents is 1. The first-order chi connectivity index (χ1) is 12.5. The molecule has 1 aliphatic heterocycles. The van der Waals surface area contributed by atoms with Crippen molar-refractivity contribution in [2.24, 2.45) is 0 Å². The number of aromatic hydroxyl groups is 1. The average molecular weight is 384 g/mol. The topological polar surface area (TPSA) is 80.7 Å². The predicted molar refractivity (Wildman–Crippen MR) is 102 cm³/mol. The summed E-state index contributed by atoms with van der Waals surface area (Å²) in [5, 5.41) is 20.8. The van der Waals surface area contributed by atoms with E-state index in [1.807, 2.05) is 6.07 Å². The number of amides is 1. The van der Waals surface area contributed by atoms with Crippen molar-refractivity contribution >= 4 is 46.3 Å². The minimum atomic E-state index is -1.26. The van der Waals surface area contributed by atoms with Crippen LogP contribution in [0.15, 0.2) is 59.5 Å². The van der Waals surface area contributed by atoms with Crippen LogP contribution in [0.1, 0.15) is 23.6 Å². The second-order valence-corrected chi connectivity index (χ2v) is 7.33. The highest BCUT2D eigenvalue weighted by molar-refractivity contribution is 8.26. The summed E-state index contributed by atoms with van der Waals surface area (Å²) < 4.78 is 0.288. The van der Waals surface area contributed by atoms with E-state index in [1.54, 1.807) is 42.5 Å². The molecular formula is C19H14NO4S2-. The van der Waals surface area contributed by atoms with Gasteiger partial charge in [0.15, 0.2) is 0 Å². The number of hydrogen-bond donors (Lipinski definition) is 1. The number of carbonyl (C=O) groups is 2. The fourth-order valence-corrected chi connectivity index (χ4v) is 4.06. The van der Waals surface area contributed by atoms with E-state index < -0.39 is 12.0 Å². The number of carbonyl (C=O) groups excluding carboxylic acids is 2. The van der Waals surface area contributed by atoms with Gasteiger partial charge in [-0.3, -0.25) is 9.69 Å². The Kier molecular flexibility index (Phi) is 5.39. The van der Waals surface area contributed by atoms with Crippen molar-refractivity contribution in [2.45, 2.75) is 12.5 Å². The van der Waals surface area contributed by atoms with Gasteiger partial charge in [-0.2, -0.15) is 0 Å². The molecule has 5 nitrogen and oxygen atoms in total. The Labute approximate surface area is 160 Å². The average Bonchev–Trinajstić information content (AvgIpc) is 2.87. The highest BCUT2D eigenvalue weighted by Crippen LogP contribution is 2.39. The van der Waals surface area contributed by atoms with E-state index in [0.29, 0.717) is 16.0 Å². The molecule has 1 aliphatic rings. The van der Waals surface area contributed by atoms with Crippen molar-refractivity contribution in [1.29, 1.82) is 0 Å². The van der Waals surface area contributed by atoms with Crippen LogP contribution in [-0.4, -0.2) is 26.2 Å². The number of phenols is 1. The van der Waals surface area contributed by atoms with Crippen LogP contribution in [0.5, 0.6) is 5.75 Å². The van der Waals surface area contributed by atoms with Crippen molar-refractivity contribution in [1.82, 2.24) is 4.90 Å². The molecule has 26 heavy (non-hydrogen) atoms. The van der Waals surface area contributed by atoms with Crippen molar-refractivity contribution in [2.75, 3.05) is 0 Å². The molecule has 7 heteroatoms. The van der Waals surface area contributed by atoms with Gasteiger partial charge >= 0.3 is 0 Å². The van der Waals surface area contributed by atoms with Gasteiger partial charge in [0.25, 0.3) is 5.91 Å². The Morgan fingerprint density at radius 1 is 1.23 bits per heavy atom. The van der Waals surface area contributed by atoms with E-state index in [0.717, 1.165) is 11.8 Å². The summed E-state index contributed by atoms with van der Waals surface area (Å²) in [5.74, 6) is -1.53. The molecule has 0 aliphatic carbocycles. The summed E-state index contributed by atoms with van der Waals surface area (Å²) in [4.78, 5) is 25.8. The molecule has 1 atom stereocenters. The molecule has 0 radical (unpaired) electrons. The van der Waals surface area contributed by atoms with Crippen LogP contribution < -0.4 is 5.11 Å². The SMILES string of the molecule is O=C([O-])CC(c1ccccc1)N1C(=O)C(=Cc2cccc(O)c2)SC1=S. The molecule has 0 aromatic heterocycles. The van der Waals surface area contributed by atoms with Gasteiger partial charge in [-0.1, -0.05) is 66.4 Å². The zero-order chi connectivity index (χ0) is 18.7. The second kappa shape index (κ2) is 7.72. The van der Waals surface area contributed by atoms with Gasteiger partial charge in [-0.05, 0) is 29.3 Å². The van der Waals surface area contributed by atoms with Crippen molar-refractivity contribution in [3.63, 3.8) is 0 Å². The molecule has 0 spiro atoms. The lowest BCUT2D eigenvalue weighted by atomic mass is 10.0. The standard InChI is InChI=1S/C19H15NO4S2/c21-14-8-4-5-12(9-14)10-16-18(24)20(19(25)26-16)15(11-17(22)23)13-6-2-1-3-7-13/h1-10,15,21H,11H2,(H,22,23)/p-1. The molecule has 2 aromatic carbocycles. The first-order valence-corrected chi connectivity index (χ1v) is 8.99. The second-order valence-electron chi connectivity index (χ2n) is 5.65. The monoisotopic (exact) mass is 384 g/mol. The number of carboxylic acids is 1. The summed E-state index contributed by atoms with van der Waals surface area (Å²) in [7, 11) is 0. The molecule has 1 N–H and O–H groups in total. The van der Waals surface area contributed by atoms with Crippen LogP contribution >= 0.6 is 24.0 Å². The molecule has 0 saturated carbocycles. The molecule has 1 fully saturated rings. The summed E-state index contributed by atoms with van der Waals surface area (Å²) >= 11 is 6.44. The van der Waals surface area contributed by atoms with Crippen LogP contribution in [0.3, 0.4) is 0 Å². The minimum Gasteiger partial charge on any atom is -0.550 e. The highest BCUT2D eigenvalue weighted by Gasteiger charge is 2.37. The molecule has 1 heterocycles. The van der Waals surface area contributed by atoms with Crippen molar-refractivity contribution in [3.05, 3.63) is 70.6 Å². The molecule has 0 bridgehead atoms. The third-order valence-electron chi connectivity index (χ3n) is 3.85. The summed E-state index contributed by atoms with van der Waals surface area (Å²) in [5.41, 5.74) is 1.33. The quantitative estimate of drug-likeness (QED) is 0.630. The lowest BCUT2D eigenvalue weighted by Gasteiger charge is -2.27. The lowest BCUT2D eigenvalue weighted by molar-refractivity contribution is -0.306. The van der Waals surface area contributed by atoms with Crippen LogP contribution in [-0.2, 0) is 9.59 Å². The molecular weight excluding hydrogens is 370 g/mol. The number of nitrogens with zero attached hydrogens (tertiary/aromatic N) is 1. The molecule has 2 aromatic rings. The maximum absolute atomic E-state index is 12.9. The smallest absolute Gasteiger partial charge is 0.266 e. The third-order valence-corrected chi connectivity index (χ3v) is 5.18. The van der Waals surface area contributed by atoms with Gasteiger partial charge in [0.05, 0.1) is 10.9 Å². The number of thiocarbonyl (C=S) groups is 1. The Morgan fingerprint density at radius 2 is 1.96 bits per heavy atom. The number of aliphatic carboxylic acids is 1. The first kappa shape index (κ1) is 18.2. The fourth-order valence-electron chi connectivity index (χ4n) is 2.71. The Morgan fingerprint density at radius 3 is 2.62 bits per heavy atom. The van der Waals surface area contributed by atoms with Crippen LogP contribution in [0, 0.1) is 0 Å². The van der Waals surface area contributed by atoms with Gasteiger partial charge in [0.1, 0.15) is 10.1 Å². The van der Waals surface area contributed by atoms with Crippen LogP contribution in [0.25, 0.3) is 6.08 Å². The maximum atomic E-state index is 12.9. The molecule has 1 saturated heterocycles. The Hall–Kier alpha value is -2.64. The molecule has 1 amide bonds. The van der Waals surface area contributed by atoms with E-state index in [-0.39, 0.29) is 22.4 Å². The van der Waals surface area contributed by atoms with Gasteiger partial charge in [-0.25, -0.2) is 0 Å². The van der Waals surface area contributed by atoms with E-state index in [1.165, 1.54) is 17.0 Å². The van der Waals surface area contributed by atoms with Gasteiger partial charge < -0.3 is 15.0 Å². The van der Waals surface area contributed by atoms with E-state index >= 15 is 0 Å². The van der Waals surface area contributed by atoms with Crippen LogP contribution in [0.2, 0.25) is 0 Å². The summed E-state index contributed by atoms with van der Waals surface area (Å²) in [6, 6.07) is 14.6. The number of rotatable bonds is 5. The van der Waals surface area contributed by atoms with Crippen molar-refractivity contribution in [3.8, 4) is 5.75 Å². The summed E-state index contributed by atoms with van der Waals surface area (Å²) in [6.45, 7) is 0. The number of thioether (sulfide) groups is 1. The predicted octanol–water partition coefficient (Wildman–Crippen LogP) is 2.47. The molecule has 3 rings (SSSR count). The number of benzene rings is 2. The van der Waals surface area contributed by atoms with Crippen molar-refractivity contribution < 1.29 is 19.8 Å².